The second-order valence-corrected chi connectivity index (χ2v) is 4.29. The van der Waals surface area contributed by atoms with Crippen LogP contribution < -0.4 is 0 Å². The van der Waals surface area contributed by atoms with Gasteiger partial charge in [-0.3, -0.25) is 0 Å². The Morgan fingerprint density at radius 3 is 2.50 bits per heavy atom. The van der Waals surface area contributed by atoms with Gasteiger partial charge in [-0.2, -0.15) is 8.78 Å². The summed E-state index contributed by atoms with van der Waals surface area (Å²) in [5.74, 6) is -6.64. The monoisotopic (exact) mass is 314 g/mol. The molecule has 0 saturated carbocycles. The first-order chi connectivity index (χ1) is 7.26. The molecular formula is C9H6BrClF2O3. The maximum absolute atomic E-state index is 13.0. The van der Waals surface area contributed by atoms with E-state index in [9.17, 15) is 18.7 Å². The number of carboxylic acid groups (broad SMARTS) is 1. The number of benzene rings is 1. The molecule has 7 heteroatoms. The van der Waals surface area contributed by atoms with Gasteiger partial charge < -0.3 is 10.2 Å². The molecule has 1 rings (SSSR count). The van der Waals surface area contributed by atoms with Gasteiger partial charge >= 0.3 is 11.9 Å². The van der Waals surface area contributed by atoms with Crippen LogP contribution in [-0.2, 0) is 4.79 Å². The maximum Gasteiger partial charge on any atom is 0.377 e. The molecule has 0 spiro atoms. The second-order valence-electron chi connectivity index (χ2n) is 3.00. The minimum atomic E-state index is -4.25. The lowest BCUT2D eigenvalue weighted by Gasteiger charge is -2.19. The number of hydrogen-bond donors (Lipinski definition) is 2. The lowest BCUT2D eigenvalue weighted by Crippen LogP contribution is -2.35. The summed E-state index contributed by atoms with van der Waals surface area (Å²) in [6.07, 6.45) is -2.43. The van der Waals surface area contributed by atoms with Gasteiger partial charge in [-0.1, -0.05) is 33.6 Å². The number of rotatable bonds is 3. The van der Waals surface area contributed by atoms with Gasteiger partial charge in [0.05, 0.1) is 0 Å². The number of aliphatic carboxylic acids is 1. The Morgan fingerprint density at radius 1 is 1.50 bits per heavy atom. The largest absolute Gasteiger partial charge is 0.477 e. The maximum atomic E-state index is 13.0. The molecule has 16 heavy (non-hydrogen) atoms. The fourth-order valence-electron chi connectivity index (χ4n) is 1.04. The van der Waals surface area contributed by atoms with Crippen LogP contribution in [0.5, 0.6) is 0 Å². The normalized spacial score (nSPS) is 13.6. The van der Waals surface area contributed by atoms with Crippen molar-refractivity contribution >= 4 is 33.5 Å². The van der Waals surface area contributed by atoms with Crippen LogP contribution in [0.25, 0.3) is 0 Å². The number of alkyl halides is 2. The first kappa shape index (κ1) is 13.3. The second kappa shape index (κ2) is 4.65. The molecule has 0 aliphatic heterocycles. The van der Waals surface area contributed by atoms with E-state index < -0.39 is 18.0 Å². The minimum Gasteiger partial charge on any atom is -0.477 e. The molecular weight excluding hydrogens is 309 g/mol. The summed E-state index contributed by atoms with van der Waals surface area (Å²) < 4.78 is 26.1. The summed E-state index contributed by atoms with van der Waals surface area (Å²) in [7, 11) is 0. The predicted molar refractivity (Wildman–Crippen MR) is 56.7 cm³/mol. The van der Waals surface area contributed by atoms with Crippen molar-refractivity contribution in [2.45, 2.75) is 12.0 Å². The Morgan fingerprint density at radius 2 is 2.06 bits per heavy atom. The molecule has 0 aliphatic rings. The number of carboxylic acids is 1. The van der Waals surface area contributed by atoms with E-state index in [0.29, 0.717) is 0 Å². The van der Waals surface area contributed by atoms with Crippen LogP contribution in [0, 0.1) is 0 Å². The predicted octanol–water partition coefficient (Wildman–Crippen LogP) is 2.86. The van der Waals surface area contributed by atoms with Crippen molar-refractivity contribution in [3.63, 3.8) is 0 Å². The Labute approximate surface area is 103 Å². The fraction of sp³-hybridized carbons (Fsp3) is 0.222. The zero-order chi connectivity index (χ0) is 12.5. The van der Waals surface area contributed by atoms with E-state index in [1.807, 2.05) is 0 Å². The Bertz CT molecular complexity index is 425. The molecule has 2 N–H and O–H groups in total. The zero-order valence-corrected chi connectivity index (χ0v) is 9.97. The topological polar surface area (TPSA) is 57.5 Å². The third-order valence-electron chi connectivity index (χ3n) is 1.89. The SMILES string of the molecule is O=C(O)C(F)(F)C(O)c1ccc(Cl)cc1Br. The third kappa shape index (κ3) is 2.50. The lowest BCUT2D eigenvalue weighted by molar-refractivity contribution is -0.183. The van der Waals surface area contributed by atoms with E-state index in [1.165, 1.54) is 12.1 Å². The first-order valence-electron chi connectivity index (χ1n) is 4.01. The van der Waals surface area contributed by atoms with Crippen LogP contribution in [0.2, 0.25) is 5.02 Å². The van der Waals surface area contributed by atoms with E-state index in [-0.39, 0.29) is 15.1 Å². The standard InChI is InChI=1S/C9H6BrClF2O3/c10-6-3-4(11)1-2-5(6)7(14)9(12,13)8(15)16/h1-3,7,14H,(H,15,16). The highest BCUT2D eigenvalue weighted by atomic mass is 79.9. The molecule has 1 aromatic carbocycles. The summed E-state index contributed by atoms with van der Waals surface area (Å²) in [5, 5.41) is 17.8. The van der Waals surface area contributed by atoms with Crippen molar-refractivity contribution in [3.05, 3.63) is 33.3 Å². The van der Waals surface area contributed by atoms with Gasteiger partial charge in [-0.25, -0.2) is 4.79 Å². The van der Waals surface area contributed by atoms with Gasteiger partial charge in [0, 0.05) is 15.1 Å². The van der Waals surface area contributed by atoms with E-state index in [2.05, 4.69) is 15.9 Å². The third-order valence-corrected chi connectivity index (χ3v) is 2.81. The van der Waals surface area contributed by atoms with Crippen molar-refractivity contribution in [2.24, 2.45) is 0 Å². The number of hydrogen-bond acceptors (Lipinski definition) is 2. The van der Waals surface area contributed by atoms with Crippen LogP contribution in [0.15, 0.2) is 22.7 Å². The number of aliphatic hydroxyl groups excluding tert-OH is 1. The highest BCUT2D eigenvalue weighted by Gasteiger charge is 2.48. The molecule has 1 aromatic rings. The Kier molecular flexibility index (Phi) is 3.88. The van der Waals surface area contributed by atoms with Crippen molar-refractivity contribution in [3.8, 4) is 0 Å². The van der Waals surface area contributed by atoms with Crippen molar-refractivity contribution in [1.82, 2.24) is 0 Å². The average molecular weight is 315 g/mol. The molecule has 0 aliphatic carbocycles. The van der Waals surface area contributed by atoms with Crippen LogP contribution in [-0.4, -0.2) is 22.1 Å². The van der Waals surface area contributed by atoms with Gasteiger partial charge in [0.2, 0.25) is 0 Å². The molecule has 0 saturated heterocycles. The summed E-state index contributed by atoms with van der Waals surface area (Å²) in [6.45, 7) is 0. The van der Waals surface area contributed by atoms with Crippen molar-refractivity contribution < 1.29 is 23.8 Å². The van der Waals surface area contributed by atoms with Gasteiger partial charge in [-0.15, -0.1) is 0 Å². The molecule has 0 radical (unpaired) electrons. The summed E-state index contributed by atoms with van der Waals surface area (Å²) in [6, 6.07) is 3.70. The van der Waals surface area contributed by atoms with Crippen LogP contribution in [0.1, 0.15) is 11.7 Å². The van der Waals surface area contributed by atoms with E-state index in [4.69, 9.17) is 16.7 Å². The number of carbonyl (C=O) groups is 1. The molecule has 0 bridgehead atoms. The molecule has 1 unspecified atom stereocenters. The van der Waals surface area contributed by atoms with Crippen LogP contribution in [0.4, 0.5) is 8.78 Å². The first-order valence-corrected chi connectivity index (χ1v) is 5.18. The zero-order valence-electron chi connectivity index (χ0n) is 7.62. The lowest BCUT2D eigenvalue weighted by atomic mass is 10.0. The van der Waals surface area contributed by atoms with Crippen LogP contribution >= 0.6 is 27.5 Å². The molecule has 0 amide bonds. The molecule has 0 fully saturated rings. The Hall–Kier alpha value is -0.720. The molecule has 3 nitrogen and oxygen atoms in total. The highest BCUT2D eigenvalue weighted by Crippen LogP contribution is 2.36. The molecule has 88 valence electrons. The summed E-state index contributed by atoms with van der Waals surface area (Å²) >= 11 is 8.50. The Balaban J connectivity index is 3.14. The van der Waals surface area contributed by atoms with Gasteiger partial charge in [0.15, 0.2) is 6.10 Å². The molecule has 1 atom stereocenters. The van der Waals surface area contributed by atoms with E-state index >= 15 is 0 Å². The number of halogens is 4. The minimum absolute atomic E-state index is 0.119. The van der Waals surface area contributed by atoms with Gasteiger partial charge in [-0.05, 0) is 12.1 Å². The highest BCUT2D eigenvalue weighted by molar-refractivity contribution is 9.10. The molecule has 0 aromatic heterocycles. The van der Waals surface area contributed by atoms with Crippen molar-refractivity contribution in [1.29, 1.82) is 0 Å². The van der Waals surface area contributed by atoms with E-state index in [0.717, 1.165) is 6.07 Å². The van der Waals surface area contributed by atoms with Gasteiger partial charge in [0.25, 0.3) is 0 Å². The number of aliphatic hydroxyl groups is 1. The van der Waals surface area contributed by atoms with E-state index in [1.54, 1.807) is 0 Å². The van der Waals surface area contributed by atoms with Gasteiger partial charge in [0.1, 0.15) is 0 Å². The summed E-state index contributed by atoms with van der Waals surface area (Å²) in [4.78, 5) is 10.3. The fourth-order valence-corrected chi connectivity index (χ4v) is 1.94. The average Bonchev–Trinajstić information content (AvgIpc) is 2.16. The smallest absolute Gasteiger partial charge is 0.377 e. The van der Waals surface area contributed by atoms with Crippen molar-refractivity contribution in [2.75, 3.05) is 0 Å². The molecule has 0 heterocycles. The summed E-state index contributed by atoms with van der Waals surface area (Å²) in [5.41, 5.74) is -0.239. The van der Waals surface area contributed by atoms with Crippen LogP contribution in [0.3, 0.4) is 0 Å². The quantitative estimate of drug-likeness (QED) is 0.902.